The Labute approximate surface area is 64.0 Å². The van der Waals surface area contributed by atoms with Crippen molar-refractivity contribution in [2.75, 3.05) is 5.32 Å². The predicted octanol–water partition coefficient (Wildman–Crippen LogP) is 0.603. The number of hydrogen-bond donors (Lipinski definition) is 2. The molecule has 1 aliphatic heterocycles. The molecule has 58 valence electrons. The van der Waals surface area contributed by atoms with Crippen LogP contribution >= 0.6 is 0 Å². The maximum atomic E-state index is 10.9. The summed E-state index contributed by atoms with van der Waals surface area (Å²) in [5.41, 5.74) is 2.20. The summed E-state index contributed by atoms with van der Waals surface area (Å²) in [6, 6.07) is 0. The molecule has 0 bridgehead atoms. The van der Waals surface area contributed by atoms with Crippen LogP contribution in [0.5, 0.6) is 0 Å². The van der Waals surface area contributed by atoms with Crippen LogP contribution in [0.2, 0.25) is 0 Å². The molecule has 0 spiro atoms. The van der Waals surface area contributed by atoms with Crippen LogP contribution in [0.25, 0.3) is 0 Å². The molecule has 11 heavy (non-hydrogen) atoms. The van der Waals surface area contributed by atoms with Crippen LogP contribution in [0.1, 0.15) is 17.7 Å². The number of carbonyl (C=O) groups is 1. The average molecular weight is 151 g/mol. The normalized spacial score (nSPS) is 15.9. The second-order valence-electron chi connectivity index (χ2n) is 2.72. The average Bonchev–Trinajstić information content (AvgIpc) is 2.32. The maximum Gasteiger partial charge on any atom is 0.225 e. The molecule has 0 fully saturated rings. The number of nitrogens with zero attached hydrogens (tertiary/aromatic N) is 1. The van der Waals surface area contributed by atoms with E-state index in [4.69, 9.17) is 0 Å². The van der Waals surface area contributed by atoms with Gasteiger partial charge in [0.2, 0.25) is 5.91 Å². The van der Waals surface area contributed by atoms with Crippen molar-refractivity contribution < 1.29 is 4.79 Å². The summed E-state index contributed by atoms with van der Waals surface area (Å²) in [4.78, 5) is 10.9. The predicted molar refractivity (Wildman–Crippen MR) is 40.3 cm³/mol. The number of amides is 1. The Morgan fingerprint density at radius 1 is 1.45 bits per heavy atom. The van der Waals surface area contributed by atoms with Crippen LogP contribution in [0.4, 0.5) is 5.82 Å². The fourth-order valence-corrected chi connectivity index (χ4v) is 1.29. The number of fused-ring (bicyclic) bond motifs is 1. The fraction of sp³-hybridized carbons (Fsp3) is 0.429. The SMILES string of the molecule is Cc1[nH]nc2c1CCC(=O)N2. The lowest BCUT2D eigenvalue weighted by Crippen LogP contribution is -2.18. The second kappa shape index (κ2) is 2.08. The molecule has 0 saturated carbocycles. The van der Waals surface area contributed by atoms with Crippen LogP contribution in [-0.2, 0) is 11.2 Å². The molecule has 0 unspecified atom stereocenters. The van der Waals surface area contributed by atoms with E-state index < -0.39 is 0 Å². The summed E-state index contributed by atoms with van der Waals surface area (Å²) in [7, 11) is 0. The molecule has 0 aromatic carbocycles. The van der Waals surface area contributed by atoms with Crippen molar-refractivity contribution in [3.63, 3.8) is 0 Å². The topological polar surface area (TPSA) is 57.8 Å². The number of aromatic nitrogens is 2. The van der Waals surface area contributed by atoms with Gasteiger partial charge >= 0.3 is 0 Å². The summed E-state index contributed by atoms with van der Waals surface area (Å²) < 4.78 is 0. The Bertz CT molecular complexity index is 303. The standard InChI is InChI=1S/C7H9N3O/c1-4-5-2-3-6(11)8-7(5)10-9-4/h2-3H2,1H3,(H2,8,9,10,11). The van der Waals surface area contributed by atoms with E-state index in [1.165, 1.54) is 0 Å². The Hall–Kier alpha value is -1.32. The monoisotopic (exact) mass is 151 g/mol. The molecule has 0 atom stereocenters. The van der Waals surface area contributed by atoms with Crippen molar-refractivity contribution >= 4 is 11.7 Å². The summed E-state index contributed by atoms with van der Waals surface area (Å²) in [6.45, 7) is 1.96. The smallest absolute Gasteiger partial charge is 0.225 e. The Balaban J connectivity index is 2.44. The van der Waals surface area contributed by atoms with Crippen molar-refractivity contribution in [1.82, 2.24) is 10.2 Å². The molecule has 0 saturated heterocycles. The first-order chi connectivity index (χ1) is 5.27. The summed E-state index contributed by atoms with van der Waals surface area (Å²) in [5.74, 6) is 0.766. The zero-order valence-corrected chi connectivity index (χ0v) is 6.27. The van der Waals surface area contributed by atoms with Crippen LogP contribution in [0, 0.1) is 6.92 Å². The van der Waals surface area contributed by atoms with E-state index in [1.807, 2.05) is 6.92 Å². The first kappa shape index (κ1) is 6.39. The summed E-state index contributed by atoms with van der Waals surface area (Å²) in [6.07, 6.45) is 1.39. The minimum atomic E-state index is 0.0593. The fourth-order valence-electron chi connectivity index (χ4n) is 1.29. The molecule has 0 aliphatic carbocycles. The molecule has 2 rings (SSSR count). The minimum absolute atomic E-state index is 0.0593. The van der Waals surface area contributed by atoms with Crippen LogP contribution < -0.4 is 5.32 Å². The molecule has 0 radical (unpaired) electrons. The third-order valence-electron chi connectivity index (χ3n) is 1.93. The second-order valence-corrected chi connectivity index (χ2v) is 2.72. The van der Waals surface area contributed by atoms with E-state index >= 15 is 0 Å². The van der Waals surface area contributed by atoms with Crippen LogP contribution in [0.3, 0.4) is 0 Å². The Morgan fingerprint density at radius 2 is 2.27 bits per heavy atom. The van der Waals surface area contributed by atoms with E-state index in [0.717, 1.165) is 17.7 Å². The number of H-pyrrole nitrogens is 1. The van der Waals surface area contributed by atoms with Gasteiger partial charge in [0.05, 0.1) is 0 Å². The number of nitrogens with one attached hydrogen (secondary N) is 2. The maximum absolute atomic E-state index is 10.9. The molecule has 4 nitrogen and oxygen atoms in total. The van der Waals surface area contributed by atoms with Gasteiger partial charge in [0, 0.05) is 17.7 Å². The summed E-state index contributed by atoms with van der Waals surface area (Å²) in [5, 5.41) is 9.48. The lowest BCUT2D eigenvalue weighted by molar-refractivity contribution is -0.116. The van der Waals surface area contributed by atoms with E-state index in [9.17, 15) is 4.79 Å². The van der Waals surface area contributed by atoms with Crippen molar-refractivity contribution in [2.24, 2.45) is 0 Å². The molecule has 2 N–H and O–H groups in total. The molecular formula is C7H9N3O. The van der Waals surface area contributed by atoms with Crippen molar-refractivity contribution in [1.29, 1.82) is 0 Å². The van der Waals surface area contributed by atoms with Crippen LogP contribution in [-0.4, -0.2) is 16.1 Å². The third kappa shape index (κ3) is 0.906. The number of hydrogen-bond acceptors (Lipinski definition) is 2. The zero-order chi connectivity index (χ0) is 7.84. The van der Waals surface area contributed by atoms with Gasteiger partial charge in [-0.25, -0.2) is 0 Å². The highest BCUT2D eigenvalue weighted by Crippen LogP contribution is 2.21. The van der Waals surface area contributed by atoms with Crippen molar-refractivity contribution in [3.8, 4) is 0 Å². The molecule has 1 amide bonds. The largest absolute Gasteiger partial charge is 0.309 e. The van der Waals surface area contributed by atoms with E-state index in [0.29, 0.717) is 12.2 Å². The highest BCUT2D eigenvalue weighted by Gasteiger charge is 2.18. The van der Waals surface area contributed by atoms with Crippen LogP contribution in [0.15, 0.2) is 0 Å². The molecular weight excluding hydrogens is 142 g/mol. The minimum Gasteiger partial charge on any atom is -0.309 e. The van der Waals surface area contributed by atoms with Gasteiger partial charge in [-0.1, -0.05) is 0 Å². The van der Waals surface area contributed by atoms with Gasteiger partial charge in [-0.3, -0.25) is 9.89 Å². The van der Waals surface area contributed by atoms with Gasteiger partial charge in [0.15, 0.2) is 5.82 Å². The lowest BCUT2D eigenvalue weighted by Gasteiger charge is -2.10. The quantitative estimate of drug-likeness (QED) is 0.570. The Morgan fingerprint density at radius 3 is 3.09 bits per heavy atom. The molecule has 1 aromatic heterocycles. The third-order valence-corrected chi connectivity index (χ3v) is 1.93. The number of rotatable bonds is 0. The van der Waals surface area contributed by atoms with E-state index in [2.05, 4.69) is 15.5 Å². The van der Waals surface area contributed by atoms with E-state index in [1.54, 1.807) is 0 Å². The van der Waals surface area contributed by atoms with Gasteiger partial charge < -0.3 is 5.32 Å². The first-order valence-electron chi connectivity index (χ1n) is 3.61. The van der Waals surface area contributed by atoms with E-state index in [-0.39, 0.29) is 5.91 Å². The molecule has 1 aromatic rings. The number of anilines is 1. The van der Waals surface area contributed by atoms with Gasteiger partial charge in [-0.2, -0.15) is 5.10 Å². The van der Waals surface area contributed by atoms with Gasteiger partial charge in [-0.15, -0.1) is 0 Å². The highest BCUT2D eigenvalue weighted by atomic mass is 16.1. The van der Waals surface area contributed by atoms with Gasteiger partial charge in [0.25, 0.3) is 0 Å². The number of aryl methyl sites for hydroxylation is 1. The van der Waals surface area contributed by atoms with Crippen molar-refractivity contribution in [2.45, 2.75) is 19.8 Å². The molecule has 4 heteroatoms. The van der Waals surface area contributed by atoms with Crippen molar-refractivity contribution in [3.05, 3.63) is 11.3 Å². The molecule has 2 heterocycles. The first-order valence-corrected chi connectivity index (χ1v) is 3.61. The molecule has 1 aliphatic rings. The lowest BCUT2D eigenvalue weighted by atomic mass is 10.1. The zero-order valence-electron chi connectivity index (χ0n) is 6.27. The number of aromatic amines is 1. The summed E-state index contributed by atoms with van der Waals surface area (Å²) >= 11 is 0. The highest BCUT2D eigenvalue weighted by molar-refractivity contribution is 5.92. The Kier molecular flexibility index (Phi) is 1.21. The van der Waals surface area contributed by atoms with Gasteiger partial charge in [-0.05, 0) is 13.3 Å². The number of carbonyl (C=O) groups excluding carboxylic acids is 1. The van der Waals surface area contributed by atoms with Gasteiger partial charge in [0.1, 0.15) is 0 Å².